The monoisotopic (exact) mass is 955 g/mol. The smallest absolute Gasteiger partial charge is 0.537 e. The number of nitrogens with zero attached hydrogens (tertiary/aromatic N) is 2. The first-order valence-electron chi connectivity index (χ1n) is 24.1. The summed E-state index contributed by atoms with van der Waals surface area (Å²) in [6.45, 7) is 7.95. The first kappa shape index (κ1) is 49.7. The molecule has 0 unspecified atom stereocenters. The minimum absolute atomic E-state index is 0.147. The molecule has 0 saturated heterocycles. The standard InChI is InChI=1S/C60H57B2N2O8/c1-60(2,3)55-32-39(58(65)63(4)33-51-42-20-8-12-24-46(42)53(47-25-13-9-21-43(47)51)37-70-35-40-18-6-16-28-56(40)62(68)69)30-31-50(55)59(66)64(5)34-52-44-22-10-14-26-48(44)54(49-27-15-11-23-45(49)52)38-71-36-41-19-7-17-29-57(41)72-61-67/h6-32,67-69H,33-38H2,1-5H3. The van der Waals surface area contributed by atoms with Crippen LogP contribution in [0.5, 0.6) is 5.75 Å². The Kier molecular flexibility index (Phi) is 14.9. The molecule has 72 heavy (non-hydrogen) atoms. The van der Waals surface area contributed by atoms with E-state index in [0.717, 1.165) is 76.5 Å². The highest BCUT2D eigenvalue weighted by molar-refractivity contribution is 6.59. The zero-order valence-electron chi connectivity index (χ0n) is 41.3. The molecule has 9 aromatic carbocycles. The van der Waals surface area contributed by atoms with Crippen LogP contribution in [0.25, 0.3) is 43.1 Å². The lowest BCUT2D eigenvalue weighted by molar-refractivity contribution is 0.0772. The van der Waals surface area contributed by atoms with Crippen LogP contribution >= 0.6 is 0 Å². The molecule has 1 radical (unpaired) electrons. The van der Waals surface area contributed by atoms with E-state index in [9.17, 15) is 24.7 Å². The highest BCUT2D eigenvalue weighted by Gasteiger charge is 2.28. The Labute approximate surface area is 421 Å². The number of fused-ring (bicyclic) bond motifs is 4. The second kappa shape index (κ2) is 21.6. The number of rotatable bonds is 17. The fourth-order valence-corrected chi connectivity index (χ4v) is 10.0. The molecule has 2 amide bonds. The highest BCUT2D eigenvalue weighted by Crippen LogP contribution is 2.37. The SMILES string of the molecule is CN(Cc1c2ccccc2c(COCc2ccccc2B(O)O)c2ccccc12)C(=O)c1ccc(C(=O)N(C)Cc2c3ccccc3c(COCc3ccccc3O[B]O)c3ccccc23)c(C(C)(C)C)c1. The van der Waals surface area contributed by atoms with E-state index in [1.165, 1.54) is 0 Å². The second-order valence-corrected chi connectivity index (χ2v) is 19.3. The van der Waals surface area contributed by atoms with Gasteiger partial charge in [-0.3, -0.25) is 9.59 Å². The summed E-state index contributed by atoms with van der Waals surface area (Å²) < 4.78 is 17.9. The number of para-hydroxylation sites is 1. The van der Waals surface area contributed by atoms with Gasteiger partial charge in [0.1, 0.15) is 5.75 Å². The van der Waals surface area contributed by atoms with Gasteiger partial charge in [0.2, 0.25) is 0 Å². The predicted molar refractivity (Wildman–Crippen MR) is 288 cm³/mol. The van der Waals surface area contributed by atoms with Crippen molar-refractivity contribution >= 4 is 75.2 Å². The minimum atomic E-state index is -1.60. The molecule has 0 fully saturated rings. The third-order valence-electron chi connectivity index (χ3n) is 13.6. The Morgan fingerprint density at radius 2 is 0.917 bits per heavy atom. The summed E-state index contributed by atoms with van der Waals surface area (Å²) in [5.41, 5.74) is 7.33. The van der Waals surface area contributed by atoms with Crippen LogP contribution in [0.4, 0.5) is 0 Å². The van der Waals surface area contributed by atoms with E-state index in [2.05, 4.69) is 69.3 Å². The van der Waals surface area contributed by atoms with Gasteiger partial charge >= 0.3 is 14.8 Å². The Hall–Kier alpha value is -7.31. The van der Waals surface area contributed by atoms with E-state index < -0.39 is 12.5 Å². The molecule has 0 aliphatic heterocycles. The molecule has 0 bridgehead atoms. The quantitative estimate of drug-likeness (QED) is 0.0608. The predicted octanol–water partition coefficient (Wildman–Crippen LogP) is 10.2. The third-order valence-corrected chi connectivity index (χ3v) is 13.6. The average molecular weight is 956 g/mol. The second-order valence-electron chi connectivity index (χ2n) is 19.3. The van der Waals surface area contributed by atoms with Crippen molar-refractivity contribution in [2.75, 3.05) is 14.1 Å². The van der Waals surface area contributed by atoms with Crippen LogP contribution in [-0.2, 0) is 54.4 Å². The molecular weight excluding hydrogens is 898 g/mol. The van der Waals surface area contributed by atoms with Gasteiger partial charge in [0.15, 0.2) is 0 Å². The van der Waals surface area contributed by atoms with Crippen molar-refractivity contribution in [3.05, 3.63) is 214 Å². The van der Waals surface area contributed by atoms with Crippen molar-refractivity contribution in [3.63, 3.8) is 0 Å². The van der Waals surface area contributed by atoms with Crippen molar-refractivity contribution < 1.29 is 38.8 Å². The van der Waals surface area contributed by atoms with Gasteiger partial charge in [-0.15, -0.1) is 0 Å². The number of ether oxygens (including phenoxy) is 2. The van der Waals surface area contributed by atoms with Crippen molar-refractivity contribution in [1.29, 1.82) is 0 Å². The van der Waals surface area contributed by atoms with Crippen molar-refractivity contribution in [3.8, 4) is 5.75 Å². The van der Waals surface area contributed by atoms with E-state index >= 15 is 0 Å². The number of carbonyl (C=O) groups excluding carboxylic acids is 2. The topological polar surface area (TPSA) is 129 Å². The molecule has 0 heterocycles. The summed E-state index contributed by atoms with van der Waals surface area (Å²) in [5.74, 6) is 0.209. The first-order chi connectivity index (χ1) is 34.8. The molecule has 0 atom stereocenters. The molecule has 361 valence electrons. The Balaban J connectivity index is 0.969. The first-order valence-corrected chi connectivity index (χ1v) is 24.1. The minimum Gasteiger partial charge on any atom is -0.537 e. The summed E-state index contributed by atoms with van der Waals surface area (Å²) in [7, 11) is 2.72. The van der Waals surface area contributed by atoms with Gasteiger partial charge in [-0.1, -0.05) is 160 Å². The average Bonchev–Trinajstić information content (AvgIpc) is 3.39. The molecular formula is C60H57B2N2O8. The largest absolute Gasteiger partial charge is 0.569 e. The van der Waals surface area contributed by atoms with Crippen LogP contribution in [0, 0.1) is 0 Å². The number of hydrogen-bond donors (Lipinski definition) is 3. The van der Waals surface area contributed by atoms with Crippen LogP contribution < -0.4 is 10.1 Å². The third kappa shape index (κ3) is 10.2. The fourth-order valence-electron chi connectivity index (χ4n) is 10.0. The van der Waals surface area contributed by atoms with E-state index in [1.54, 1.807) is 40.1 Å². The summed E-state index contributed by atoms with van der Waals surface area (Å²) in [6.07, 6.45) is 0. The van der Waals surface area contributed by atoms with Crippen molar-refractivity contribution in [2.45, 2.75) is 65.7 Å². The van der Waals surface area contributed by atoms with Crippen LogP contribution in [0.15, 0.2) is 164 Å². The van der Waals surface area contributed by atoms with Gasteiger partial charge in [0.05, 0.1) is 26.4 Å². The fraction of sp³-hybridized carbons (Fsp3) is 0.200. The van der Waals surface area contributed by atoms with Gasteiger partial charge < -0.3 is 39.0 Å². The van der Waals surface area contributed by atoms with Gasteiger partial charge in [-0.05, 0) is 112 Å². The molecule has 0 aliphatic rings. The molecule has 0 spiro atoms. The lowest BCUT2D eigenvalue weighted by Gasteiger charge is -2.27. The Morgan fingerprint density at radius 1 is 0.514 bits per heavy atom. The highest BCUT2D eigenvalue weighted by atomic mass is 16.5. The maximum absolute atomic E-state index is 14.8. The van der Waals surface area contributed by atoms with Crippen molar-refractivity contribution in [1.82, 2.24) is 9.80 Å². The van der Waals surface area contributed by atoms with Crippen LogP contribution in [-0.4, -0.2) is 65.6 Å². The molecule has 0 aliphatic carbocycles. The molecule has 10 nitrogen and oxygen atoms in total. The van der Waals surface area contributed by atoms with Gasteiger partial charge in [-0.25, -0.2) is 0 Å². The molecule has 0 saturated carbocycles. The van der Waals surface area contributed by atoms with Crippen LogP contribution in [0.3, 0.4) is 0 Å². The Morgan fingerprint density at radius 3 is 1.38 bits per heavy atom. The van der Waals surface area contributed by atoms with Crippen LogP contribution in [0.1, 0.15) is 80.4 Å². The lowest BCUT2D eigenvalue weighted by atomic mass is 9.77. The summed E-state index contributed by atoms with van der Waals surface area (Å²) in [5, 5.41) is 37.3. The number of carbonyl (C=O) groups is 2. The number of benzene rings is 9. The van der Waals surface area contributed by atoms with Crippen LogP contribution in [0.2, 0.25) is 0 Å². The molecule has 12 heteroatoms. The number of hydrogen-bond acceptors (Lipinski definition) is 8. The Bertz CT molecular complexity index is 3350. The van der Waals surface area contributed by atoms with Gasteiger partial charge in [0, 0.05) is 43.9 Å². The number of amides is 2. The summed E-state index contributed by atoms with van der Waals surface area (Å²) in [4.78, 5) is 32.9. The zero-order valence-corrected chi connectivity index (χ0v) is 41.3. The van der Waals surface area contributed by atoms with E-state index in [1.807, 2.05) is 99.0 Å². The van der Waals surface area contributed by atoms with E-state index in [-0.39, 0.29) is 31.6 Å². The van der Waals surface area contributed by atoms with E-state index in [4.69, 9.17) is 14.1 Å². The maximum Gasteiger partial charge on any atom is 0.569 e. The van der Waals surface area contributed by atoms with E-state index in [0.29, 0.717) is 55.3 Å². The zero-order chi connectivity index (χ0) is 50.5. The molecule has 3 N–H and O–H groups in total. The summed E-state index contributed by atoms with van der Waals surface area (Å²) >= 11 is 0. The summed E-state index contributed by atoms with van der Waals surface area (Å²) in [6, 6.07) is 52.8. The van der Waals surface area contributed by atoms with Gasteiger partial charge in [-0.2, -0.15) is 0 Å². The molecule has 9 rings (SSSR count). The molecule has 0 aromatic heterocycles. The van der Waals surface area contributed by atoms with Gasteiger partial charge in [0.25, 0.3) is 11.8 Å². The normalized spacial score (nSPS) is 11.6. The van der Waals surface area contributed by atoms with Crippen molar-refractivity contribution in [2.24, 2.45) is 0 Å². The lowest BCUT2D eigenvalue weighted by Crippen LogP contribution is -2.33. The molecule has 9 aromatic rings. The maximum atomic E-state index is 14.8.